The summed E-state index contributed by atoms with van der Waals surface area (Å²) in [6, 6.07) is 31.8. The lowest BCUT2D eigenvalue weighted by molar-refractivity contribution is 1.20. The molecule has 0 radical (unpaired) electrons. The number of rotatable bonds is 4. The largest absolute Gasteiger partial charge is 0.150 e. The van der Waals surface area contributed by atoms with Gasteiger partial charge in [-0.3, -0.25) is 0 Å². The molecule has 0 unspecified atom stereocenters. The molecular formula is C26H16Br2N4. The topological polar surface area (TPSA) is 49.4 Å². The SMILES string of the molecule is Brc1ccc(N=Nc2c(N=Nc3ccc(Br)cc3)c3ccccc3c3ccccc23)cc1. The minimum absolute atomic E-state index is 0.697. The minimum Gasteiger partial charge on any atom is -0.150 e. The van der Waals surface area contributed by atoms with Crippen LogP contribution in [0.5, 0.6) is 0 Å². The summed E-state index contributed by atoms with van der Waals surface area (Å²) in [7, 11) is 0. The molecule has 0 atom stereocenters. The van der Waals surface area contributed by atoms with Crippen LogP contribution in [0.3, 0.4) is 0 Å². The molecule has 0 heterocycles. The third-order valence-electron chi connectivity index (χ3n) is 5.06. The molecule has 0 aliphatic carbocycles. The fourth-order valence-electron chi connectivity index (χ4n) is 3.54. The standard InChI is InChI=1S/C26H16Br2N4/c27-17-9-13-19(14-10-17)29-31-25-23-7-3-1-5-21(23)22-6-2-4-8-24(22)26(25)32-30-20-15-11-18(28)12-16-20/h1-16H. The molecule has 0 amide bonds. The van der Waals surface area contributed by atoms with E-state index in [0.29, 0.717) is 11.4 Å². The monoisotopic (exact) mass is 542 g/mol. The summed E-state index contributed by atoms with van der Waals surface area (Å²) >= 11 is 6.91. The van der Waals surface area contributed by atoms with Gasteiger partial charge in [-0.1, -0.05) is 80.4 Å². The first kappa shape index (κ1) is 20.7. The molecule has 154 valence electrons. The van der Waals surface area contributed by atoms with E-state index in [1.165, 1.54) is 0 Å². The molecule has 0 saturated carbocycles. The Balaban J connectivity index is 1.74. The van der Waals surface area contributed by atoms with Crippen LogP contribution in [0.1, 0.15) is 0 Å². The first-order chi connectivity index (χ1) is 15.7. The highest BCUT2D eigenvalue weighted by Gasteiger charge is 2.14. The van der Waals surface area contributed by atoms with E-state index in [9.17, 15) is 0 Å². The first-order valence-corrected chi connectivity index (χ1v) is 11.6. The van der Waals surface area contributed by atoms with Gasteiger partial charge in [0.1, 0.15) is 11.4 Å². The summed E-state index contributed by atoms with van der Waals surface area (Å²) < 4.78 is 1.99. The van der Waals surface area contributed by atoms with Gasteiger partial charge >= 0.3 is 0 Å². The highest BCUT2D eigenvalue weighted by atomic mass is 79.9. The van der Waals surface area contributed by atoms with E-state index in [1.807, 2.05) is 72.8 Å². The third kappa shape index (κ3) is 4.24. The zero-order valence-corrected chi connectivity index (χ0v) is 20.0. The molecule has 5 aromatic rings. The summed E-state index contributed by atoms with van der Waals surface area (Å²) in [5.41, 5.74) is 2.92. The van der Waals surface area contributed by atoms with Gasteiger partial charge < -0.3 is 0 Å². The Labute approximate surface area is 202 Å². The zero-order valence-electron chi connectivity index (χ0n) is 16.8. The van der Waals surface area contributed by atoms with Crippen molar-refractivity contribution in [3.8, 4) is 0 Å². The molecule has 0 aliphatic heterocycles. The summed E-state index contributed by atoms with van der Waals surface area (Å²) in [4.78, 5) is 0. The van der Waals surface area contributed by atoms with Crippen LogP contribution in [-0.2, 0) is 0 Å². The second kappa shape index (κ2) is 9.10. The third-order valence-corrected chi connectivity index (χ3v) is 6.12. The minimum atomic E-state index is 0.697. The average molecular weight is 544 g/mol. The fourth-order valence-corrected chi connectivity index (χ4v) is 4.07. The Bertz CT molecular complexity index is 1360. The van der Waals surface area contributed by atoms with Gasteiger partial charge in [0.15, 0.2) is 0 Å². The van der Waals surface area contributed by atoms with Gasteiger partial charge in [-0.05, 0) is 59.3 Å². The van der Waals surface area contributed by atoms with Crippen molar-refractivity contribution in [3.05, 3.63) is 106 Å². The maximum atomic E-state index is 4.66. The molecule has 5 aromatic carbocycles. The smallest absolute Gasteiger partial charge is 0.122 e. The van der Waals surface area contributed by atoms with Crippen molar-refractivity contribution >= 4 is 76.2 Å². The molecule has 0 spiro atoms. The van der Waals surface area contributed by atoms with Crippen LogP contribution >= 0.6 is 31.9 Å². The van der Waals surface area contributed by atoms with Crippen molar-refractivity contribution in [3.63, 3.8) is 0 Å². The average Bonchev–Trinajstić information content (AvgIpc) is 2.83. The number of halogens is 2. The summed E-state index contributed by atoms with van der Waals surface area (Å²) in [6.07, 6.45) is 0. The quantitative estimate of drug-likeness (QED) is 0.160. The van der Waals surface area contributed by atoms with Crippen molar-refractivity contribution in [2.24, 2.45) is 20.5 Å². The predicted molar refractivity (Wildman–Crippen MR) is 138 cm³/mol. The number of azo groups is 2. The second-order valence-corrected chi connectivity index (χ2v) is 8.97. The van der Waals surface area contributed by atoms with E-state index in [0.717, 1.165) is 41.9 Å². The lowest BCUT2D eigenvalue weighted by Gasteiger charge is -2.10. The molecule has 0 saturated heterocycles. The van der Waals surface area contributed by atoms with Crippen LogP contribution in [0, 0.1) is 0 Å². The lowest BCUT2D eigenvalue weighted by atomic mass is 9.98. The van der Waals surface area contributed by atoms with Crippen LogP contribution in [0.15, 0.2) is 126 Å². The Kier molecular flexibility index (Phi) is 5.88. The van der Waals surface area contributed by atoms with Crippen molar-refractivity contribution in [2.75, 3.05) is 0 Å². The van der Waals surface area contributed by atoms with Gasteiger partial charge in [-0.2, -0.15) is 10.2 Å². The number of hydrogen-bond donors (Lipinski definition) is 0. The van der Waals surface area contributed by atoms with Crippen LogP contribution in [0.4, 0.5) is 22.7 Å². The summed E-state index contributed by atoms with van der Waals surface area (Å²) in [5.74, 6) is 0. The van der Waals surface area contributed by atoms with Gasteiger partial charge in [0.2, 0.25) is 0 Å². The van der Waals surface area contributed by atoms with E-state index in [4.69, 9.17) is 0 Å². The number of hydrogen-bond acceptors (Lipinski definition) is 4. The van der Waals surface area contributed by atoms with Crippen molar-refractivity contribution < 1.29 is 0 Å². The lowest BCUT2D eigenvalue weighted by Crippen LogP contribution is -1.81. The van der Waals surface area contributed by atoms with Crippen molar-refractivity contribution in [2.45, 2.75) is 0 Å². The van der Waals surface area contributed by atoms with Gasteiger partial charge in [0.25, 0.3) is 0 Å². The Morgan fingerprint density at radius 1 is 0.375 bits per heavy atom. The van der Waals surface area contributed by atoms with Crippen LogP contribution < -0.4 is 0 Å². The number of benzene rings is 5. The first-order valence-electron chi connectivity index (χ1n) is 9.97. The highest BCUT2D eigenvalue weighted by Crippen LogP contribution is 2.44. The number of fused-ring (bicyclic) bond motifs is 3. The summed E-state index contributed by atoms with van der Waals surface area (Å²) in [6.45, 7) is 0. The Morgan fingerprint density at radius 2 is 0.719 bits per heavy atom. The second-order valence-electron chi connectivity index (χ2n) is 7.14. The van der Waals surface area contributed by atoms with Crippen LogP contribution in [0.25, 0.3) is 21.5 Å². The predicted octanol–water partition coefficient (Wildman–Crippen LogP) is 10.3. The van der Waals surface area contributed by atoms with E-state index in [2.05, 4.69) is 76.6 Å². The summed E-state index contributed by atoms with van der Waals surface area (Å²) in [5, 5.41) is 22.5. The normalized spacial score (nSPS) is 11.8. The Hall–Kier alpha value is -3.22. The zero-order chi connectivity index (χ0) is 21.9. The Morgan fingerprint density at radius 3 is 1.09 bits per heavy atom. The van der Waals surface area contributed by atoms with Gasteiger partial charge in [0, 0.05) is 19.7 Å². The fraction of sp³-hybridized carbons (Fsp3) is 0. The van der Waals surface area contributed by atoms with E-state index in [-0.39, 0.29) is 0 Å². The molecule has 6 heteroatoms. The maximum absolute atomic E-state index is 4.66. The van der Waals surface area contributed by atoms with E-state index in [1.54, 1.807) is 0 Å². The highest BCUT2D eigenvalue weighted by molar-refractivity contribution is 9.10. The molecule has 5 rings (SSSR count). The van der Waals surface area contributed by atoms with Gasteiger partial charge in [-0.25, -0.2) is 0 Å². The van der Waals surface area contributed by atoms with Crippen molar-refractivity contribution in [1.82, 2.24) is 0 Å². The maximum Gasteiger partial charge on any atom is 0.122 e. The van der Waals surface area contributed by atoms with E-state index >= 15 is 0 Å². The van der Waals surface area contributed by atoms with Crippen LogP contribution in [0.2, 0.25) is 0 Å². The molecule has 0 aromatic heterocycles. The number of nitrogens with zero attached hydrogens (tertiary/aromatic N) is 4. The molecule has 0 N–H and O–H groups in total. The molecule has 0 fully saturated rings. The molecule has 32 heavy (non-hydrogen) atoms. The van der Waals surface area contributed by atoms with E-state index < -0.39 is 0 Å². The van der Waals surface area contributed by atoms with Gasteiger partial charge in [0.05, 0.1) is 11.4 Å². The van der Waals surface area contributed by atoms with Crippen molar-refractivity contribution in [1.29, 1.82) is 0 Å². The van der Waals surface area contributed by atoms with Gasteiger partial charge in [-0.15, -0.1) is 10.2 Å². The molecule has 0 bridgehead atoms. The molecule has 0 aliphatic rings. The molecule has 4 nitrogen and oxygen atoms in total. The van der Waals surface area contributed by atoms with Crippen LogP contribution in [-0.4, -0.2) is 0 Å². The molecular weight excluding hydrogens is 528 g/mol.